The highest BCUT2D eigenvalue weighted by Crippen LogP contribution is 2.29. The molecule has 1 aliphatic rings. The Morgan fingerprint density at radius 3 is 2.55 bits per heavy atom. The molecule has 0 radical (unpaired) electrons. The fraction of sp³-hybridized carbons (Fsp3) is 0.750. The van der Waals surface area contributed by atoms with Crippen LogP contribution in [0, 0.1) is 5.92 Å². The molecular weight excluding hydrogens is 270 g/mol. The smallest absolute Gasteiger partial charge is 0.135 e. The zero-order valence-corrected chi connectivity index (χ0v) is 13.6. The molecule has 0 spiro atoms. The highest BCUT2D eigenvalue weighted by atomic mass is 35.5. The van der Waals surface area contributed by atoms with E-state index in [2.05, 4.69) is 36.1 Å². The van der Waals surface area contributed by atoms with Crippen LogP contribution in [0.1, 0.15) is 71.0 Å². The summed E-state index contributed by atoms with van der Waals surface area (Å²) in [5.74, 6) is 2.93. The van der Waals surface area contributed by atoms with Gasteiger partial charge >= 0.3 is 0 Å². The fourth-order valence-electron chi connectivity index (χ4n) is 2.98. The van der Waals surface area contributed by atoms with E-state index in [-0.39, 0.29) is 0 Å². The van der Waals surface area contributed by atoms with Gasteiger partial charge in [0.1, 0.15) is 16.8 Å². The Hall–Kier alpha value is -0.830. The van der Waals surface area contributed by atoms with Crippen molar-refractivity contribution in [3.8, 4) is 0 Å². The predicted molar refractivity (Wildman–Crippen MR) is 85.4 cm³/mol. The zero-order valence-electron chi connectivity index (χ0n) is 12.8. The second kappa shape index (κ2) is 7.26. The van der Waals surface area contributed by atoms with Crippen LogP contribution in [-0.4, -0.2) is 16.0 Å². The quantitative estimate of drug-likeness (QED) is 0.775. The number of aromatic nitrogens is 2. The van der Waals surface area contributed by atoms with Crippen molar-refractivity contribution in [1.82, 2.24) is 9.97 Å². The summed E-state index contributed by atoms with van der Waals surface area (Å²) in [6.45, 7) is 6.46. The third-order valence-electron chi connectivity index (χ3n) is 4.12. The Labute approximate surface area is 127 Å². The normalized spacial score (nSPS) is 23.1. The summed E-state index contributed by atoms with van der Waals surface area (Å²) in [7, 11) is 0. The molecule has 20 heavy (non-hydrogen) atoms. The second-order valence-corrected chi connectivity index (χ2v) is 6.63. The summed E-state index contributed by atoms with van der Waals surface area (Å²) < 4.78 is 0. The SMILES string of the molecule is CCCC1CCC(Nc2cc(Cl)nc(C(C)C)n2)CC1. The number of rotatable bonds is 5. The molecule has 1 saturated carbocycles. The molecule has 2 rings (SSSR count). The van der Waals surface area contributed by atoms with Crippen LogP contribution in [0.25, 0.3) is 0 Å². The highest BCUT2D eigenvalue weighted by molar-refractivity contribution is 6.29. The minimum atomic E-state index is 0.301. The van der Waals surface area contributed by atoms with Crippen molar-refractivity contribution in [1.29, 1.82) is 0 Å². The van der Waals surface area contributed by atoms with Gasteiger partial charge in [-0.15, -0.1) is 0 Å². The number of nitrogens with zero attached hydrogens (tertiary/aromatic N) is 2. The van der Waals surface area contributed by atoms with Crippen molar-refractivity contribution in [2.24, 2.45) is 5.92 Å². The molecule has 0 atom stereocenters. The second-order valence-electron chi connectivity index (χ2n) is 6.24. The first kappa shape index (κ1) is 15.6. The van der Waals surface area contributed by atoms with E-state index in [4.69, 9.17) is 11.6 Å². The van der Waals surface area contributed by atoms with Gasteiger partial charge in [-0.1, -0.05) is 45.2 Å². The minimum Gasteiger partial charge on any atom is -0.367 e. The maximum Gasteiger partial charge on any atom is 0.135 e. The van der Waals surface area contributed by atoms with E-state index in [1.54, 1.807) is 0 Å². The van der Waals surface area contributed by atoms with Crippen LogP contribution in [-0.2, 0) is 0 Å². The third kappa shape index (κ3) is 4.34. The molecule has 0 saturated heterocycles. The van der Waals surface area contributed by atoms with Crippen molar-refractivity contribution in [2.75, 3.05) is 5.32 Å². The van der Waals surface area contributed by atoms with E-state index in [1.807, 2.05) is 6.07 Å². The summed E-state index contributed by atoms with van der Waals surface area (Å²) in [4.78, 5) is 8.85. The molecule has 0 unspecified atom stereocenters. The maximum atomic E-state index is 6.09. The first-order valence-corrected chi connectivity index (χ1v) is 8.27. The number of anilines is 1. The van der Waals surface area contributed by atoms with Gasteiger partial charge in [-0.05, 0) is 31.6 Å². The van der Waals surface area contributed by atoms with Crippen molar-refractivity contribution in [2.45, 2.75) is 71.3 Å². The monoisotopic (exact) mass is 295 g/mol. The maximum absolute atomic E-state index is 6.09. The Morgan fingerprint density at radius 2 is 1.95 bits per heavy atom. The van der Waals surface area contributed by atoms with Gasteiger partial charge in [0, 0.05) is 18.0 Å². The number of halogens is 1. The highest BCUT2D eigenvalue weighted by Gasteiger charge is 2.21. The molecule has 1 N–H and O–H groups in total. The topological polar surface area (TPSA) is 37.8 Å². The number of nitrogens with one attached hydrogen (secondary N) is 1. The molecule has 0 aliphatic heterocycles. The van der Waals surface area contributed by atoms with Gasteiger partial charge in [0.05, 0.1) is 0 Å². The van der Waals surface area contributed by atoms with Crippen LogP contribution in [0.3, 0.4) is 0 Å². The van der Waals surface area contributed by atoms with Gasteiger partial charge in [0.25, 0.3) is 0 Å². The average Bonchev–Trinajstić information content (AvgIpc) is 2.40. The summed E-state index contributed by atoms with van der Waals surface area (Å²) in [6.07, 6.45) is 7.83. The van der Waals surface area contributed by atoms with Crippen LogP contribution in [0.15, 0.2) is 6.07 Å². The molecule has 4 heteroatoms. The molecule has 1 fully saturated rings. The van der Waals surface area contributed by atoms with Gasteiger partial charge < -0.3 is 5.32 Å². The van der Waals surface area contributed by atoms with E-state index in [1.165, 1.54) is 38.5 Å². The summed E-state index contributed by atoms with van der Waals surface area (Å²) in [5.41, 5.74) is 0. The van der Waals surface area contributed by atoms with Gasteiger partial charge in [0.2, 0.25) is 0 Å². The molecule has 1 aliphatic carbocycles. The van der Waals surface area contributed by atoms with E-state index >= 15 is 0 Å². The van der Waals surface area contributed by atoms with Gasteiger partial charge in [-0.25, -0.2) is 9.97 Å². The Balaban J connectivity index is 1.94. The lowest BCUT2D eigenvalue weighted by molar-refractivity contribution is 0.318. The van der Waals surface area contributed by atoms with Crippen LogP contribution in [0.5, 0.6) is 0 Å². The van der Waals surface area contributed by atoms with Crippen LogP contribution >= 0.6 is 11.6 Å². The lowest BCUT2D eigenvalue weighted by Gasteiger charge is -2.29. The largest absolute Gasteiger partial charge is 0.367 e. The summed E-state index contributed by atoms with van der Waals surface area (Å²) in [5, 5.41) is 4.08. The third-order valence-corrected chi connectivity index (χ3v) is 4.32. The molecule has 0 bridgehead atoms. The lowest BCUT2D eigenvalue weighted by atomic mass is 9.83. The molecule has 1 aromatic heterocycles. The first-order chi connectivity index (χ1) is 9.58. The van der Waals surface area contributed by atoms with Crippen LogP contribution < -0.4 is 5.32 Å². The van der Waals surface area contributed by atoms with E-state index in [0.717, 1.165) is 17.6 Å². The van der Waals surface area contributed by atoms with Gasteiger partial charge in [-0.2, -0.15) is 0 Å². The van der Waals surface area contributed by atoms with Crippen molar-refractivity contribution in [3.63, 3.8) is 0 Å². The molecule has 1 heterocycles. The number of hydrogen-bond donors (Lipinski definition) is 1. The number of hydrogen-bond acceptors (Lipinski definition) is 3. The lowest BCUT2D eigenvalue weighted by Crippen LogP contribution is -2.26. The fourth-order valence-corrected chi connectivity index (χ4v) is 3.17. The first-order valence-electron chi connectivity index (χ1n) is 7.89. The molecule has 0 aromatic carbocycles. The van der Waals surface area contributed by atoms with Crippen LogP contribution in [0.2, 0.25) is 5.15 Å². The molecule has 0 amide bonds. The predicted octanol–water partition coefficient (Wildman–Crippen LogP) is 5.02. The van der Waals surface area contributed by atoms with Crippen molar-refractivity contribution < 1.29 is 0 Å². The zero-order chi connectivity index (χ0) is 14.5. The van der Waals surface area contributed by atoms with E-state index in [9.17, 15) is 0 Å². The minimum absolute atomic E-state index is 0.301. The average molecular weight is 296 g/mol. The summed E-state index contributed by atoms with van der Waals surface area (Å²) >= 11 is 6.09. The van der Waals surface area contributed by atoms with Gasteiger partial charge in [0.15, 0.2) is 0 Å². The van der Waals surface area contributed by atoms with Crippen molar-refractivity contribution >= 4 is 17.4 Å². The summed E-state index contributed by atoms with van der Waals surface area (Å²) in [6, 6.07) is 2.38. The molecule has 112 valence electrons. The van der Waals surface area contributed by atoms with E-state index < -0.39 is 0 Å². The standard InChI is InChI=1S/C16H26ClN3/c1-4-5-12-6-8-13(9-7-12)18-15-10-14(17)19-16(20-15)11(2)3/h10-13H,4-9H2,1-3H3,(H,18,19,20). The van der Waals surface area contributed by atoms with Crippen LogP contribution in [0.4, 0.5) is 5.82 Å². The Kier molecular flexibility index (Phi) is 5.64. The van der Waals surface area contributed by atoms with E-state index in [0.29, 0.717) is 17.1 Å². The Bertz CT molecular complexity index is 426. The molecular formula is C16H26ClN3. The molecule has 1 aromatic rings. The van der Waals surface area contributed by atoms with Crippen molar-refractivity contribution in [3.05, 3.63) is 17.0 Å². The van der Waals surface area contributed by atoms with Gasteiger partial charge in [-0.3, -0.25) is 0 Å². The molecule has 3 nitrogen and oxygen atoms in total. The Morgan fingerprint density at radius 1 is 1.25 bits per heavy atom.